The number of aromatic nitrogens is 2. The van der Waals surface area contributed by atoms with Gasteiger partial charge in [-0.2, -0.15) is 9.40 Å². The van der Waals surface area contributed by atoms with Gasteiger partial charge in [0.1, 0.15) is 4.90 Å². The topological polar surface area (TPSA) is 67.2 Å². The van der Waals surface area contributed by atoms with Crippen molar-refractivity contribution in [2.24, 2.45) is 13.0 Å². The third-order valence-electron chi connectivity index (χ3n) is 3.97. The second kappa shape index (κ2) is 6.24. The number of nitrogens with zero attached hydrogens (tertiary/aromatic N) is 3. The zero-order valence-electron chi connectivity index (χ0n) is 12.4. The van der Waals surface area contributed by atoms with Gasteiger partial charge in [-0.3, -0.25) is 4.68 Å². The van der Waals surface area contributed by atoms with Gasteiger partial charge in [-0.1, -0.05) is 6.92 Å². The largest absolute Gasteiger partial charge is 0.314 e. The summed E-state index contributed by atoms with van der Waals surface area (Å²) in [7, 11) is -1.67. The normalized spacial score (nSPS) is 22.9. The predicted molar refractivity (Wildman–Crippen MR) is 77.8 cm³/mol. The number of aryl methyl sites for hydroxylation is 1. The van der Waals surface area contributed by atoms with E-state index in [9.17, 15) is 8.42 Å². The summed E-state index contributed by atoms with van der Waals surface area (Å²) in [6.07, 6.45) is 4.98. The van der Waals surface area contributed by atoms with E-state index in [-0.39, 0.29) is 4.90 Å². The fraction of sp³-hybridized carbons (Fsp3) is 0.769. The quantitative estimate of drug-likeness (QED) is 0.874. The van der Waals surface area contributed by atoms with E-state index in [1.54, 1.807) is 17.5 Å². The molecule has 2 heterocycles. The molecular weight excluding hydrogens is 276 g/mol. The molecule has 6 nitrogen and oxygen atoms in total. The third-order valence-corrected chi connectivity index (χ3v) is 5.79. The summed E-state index contributed by atoms with van der Waals surface area (Å²) >= 11 is 0. The van der Waals surface area contributed by atoms with Crippen LogP contribution in [0.25, 0.3) is 0 Å². The SMILES string of the molecule is CCNC(C)C1CCCN(S(=O)(=O)c2cnn(C)c2)C1. The predicted octanol–water partition coefficient (Wildman–Crippen LogP) is 0.819. The molecule has 0 bridgehead atoms. The number of sulfonamides is 1. The highest BCUT2D eigenvalue weighted by atomic mass is 32.2. The number of hydrogen-bond donors (Lipinski definition) is 1. The average Bonchev–Trinajstić information content (AvgIpc) is 2.86. The zero-order chi connectivity index (χ0) is 14.8. The van der Waals surface area contributed by atoms with Crippen molar-refractivity contribution in [3.63, 3.8) is 0 Å². The maximum absolute atomic E-state index is 12.6. The number of piperidine rings is 1. The van der Waals surface area contributed by atoms with Gasteiger partial charge in [-0.05, 0) is 32.2 Å². The lowest BCUT2D eigenvalue weighted by atomic mass is 9.93. The Labute approximate surface area is 121 Å². The molecule has 0 saturated carbocycles. The molecule has 0 aromatic carbocycles. The summed E-state index contributed by atoms with van der Waals surface area (Å²) in [6.45, 7) is 6.31. The molecule has 2 unspecified atom stereocenters. The molecule has 2 atom stereocenters. The molecule has 0 spiro atoms. The van der Waals surface area contributed by atoms with Crippen LogP contribution in [0.15, 0.2) is 17.3 Å². The highest BCUT2D eigenvalue weighted by molar-refractivity contribution is 7.89. The Morgan fingerprint density at radius 3 is 2.90 bits per heavy atom. The smallest absolute Gasteiger partial charge is 0.246 e. The molecule has 1 N–H and O–H groups in total. The minimum Gasteiger partial charge on any atom is -0.314 e. The maximum atomic E-state index is 12.6. The van der Waals surface area contributed by atoms with E-state index < -0.39 is 10.0 Å². The van der Waals surface area contributed by atoms with Crippen molar-refractivity contribution in [1.82, 2.24) is 19.4 Å². The highest BCUT2D eigenvalue weighted by Crippen LogP contribution is 2.25. The summed E-state index contributed by atoms with van der Waals surface area (Å²) in [5.41, 5.74) is 0. The number of hydrogen-bond acceptors (Lipinski definition) is 4. The molecule has 114 valence electrons. The van der Waals surface area contributed by atoms with Crippen molar-refractivity contribution in [2.75, 3.05) is 19.6 Å². The van der Waals surface area contributed by atoms with E-state index in [2.05, 4.69) is 24.3 Å². The zero-order valence-corrected chi connectivity index (χ0v) is 13.2. The lowest BCUT2D eigenvalue weighted by Gasteiger charge is -2.35. The molecule has 1 aromatic heterocycles. The highest BCUT2D eigenvalue weighted by Gasteiger charge is 2.32. The molecule has 0 amide bonds. The van der Waals surface area contributed by atoms with Gasteiger partial charge in [0.15, 0.2) is 0 Å². The standard InChI is InChI=1S/C13H24N4O2S/c1-4-14-11(2)12-6-5-7-17(9-12)20(18,19)13-8-15-16(3)10-13/h8,10-12,14H,4-7,9H2,1-3H3. The van der Waals surface area contributed by atoms with Crippen LogP contribution in [0.2, 0.25) is 0 Å². The minimum absolute atomic E-state index is 0.289. The van der Waals surface area contributed by atoms with Crippen LogP contribution in [0.1, 0.15) is 26.7 Å². The molecule has 7 heteroatoms. The van der Waals surface area contributed by atoms with E-state index in [0.717, 1.165) is 19.4 Å². The van der Waals surface area contributed by atoms with Crippen LogP contribution in [0, 0.1) is 5.92 Å². The van der Waals surface area contributed by atoms with Gasteiger partial charge in [0.25, 0.3) is 0 Å². The van der Waals surface area contributed by atoms with Crippen LogP contribution in [0.5, 0.6) is 0 Å². The summed E-state index contributed by atoms with van der Waals surface area (Å²) in [4.78, 5) is 0.289. The minimum atomic E-state index is -3.40. The maximum Gasteiger partial charge on any atom is 0.246 e. The molecule has 20 heavy (non-hydrogen) atoms. The summed E-state index contributed by atoms with van der Waals surface area (Å²) in [5.74, 6) is 0.371. The molecule has 1 aromatic rings. The average molecular weight is 300 g/mol. The van der Waals surface area contributed by atoms with Crippen molar-refractivity contribution >= 4 is 10.0 Å². The molecule has 0 radical (unpaired) electrons. The van der Waals surface area contributed by atoms with Crippen molar-refractivity contribution in [2.45, 2.75) is 37.6 Å². The third kappa shape index (κ3) is 3.21. The van der Waals surface area contributed by atoms with Gasteiger partial charge in [-0.25, -0.2) is 8.42 Å². The first-order valence-electron chi connectivity index (χ1n) is 7.17. The first-order chi connectivity index (χ1) is 9.45. The molecule has 1 saturated heterocycles. The van der Waals surface area contributed by atoms with E-state index in [0.29, 0.717) is 25.0 Å². The van der Waals surface area contributed by atoms with E-state index in [1.807, 2.05) is 0 Å². The lowest BCUT2D eigenvalue weighted by molar-refractivity contribution is 0.225. The van der Waals surface area contributed by atoms with Crippen LogP contribution in [-0.2, 0) is 17.1 Å². The molecule has 2 rings (SSSR count). The van der Waals surface area contributed by atoms with Gasteiger partial charge in [0.2, 0.25) is 10.0 Å². The van der Waals surface area contributed by atoms with Gasteiger partial charge in [0, 0.05) is 32.4 Å². The van der Waals surface area contributed by atoms with E-state index in [4.69, 9.17) is 0 Å². The van der Waals surface area contributed by atoms with Gasteiger partial charge < -0.3 is 5.32 Å². The summed E-state index contributed by atoms with van der Waals surface area (Å²) in [6, 6.07) is 0.340. The van der Waals surface area contributed by atoms with Crippen LogP contribution in [0.3, 0.4) is 0 Å². The van der Waals surface area contributed by atoms with Crippen molar-refractivity contribution in [1.29, 1.82) is 0 Å². The molecule has 1 aliphatic heterocycles. The van der Waals surface area contributed by atoms with Crippen LogP contribution in [0.4, 0.5) is 0 Å². The Hall–Kier alpha value is -0.920. The monoisotopic (exact) mass is 300 g/mol. The Balaban J connectivity index is 2.12. The van der Waals surface area contributed by atoms with Crippen LogP contribution in [-0.4, -0.2) is 48.2 Å². The second-order valence-electron chi connectivity index (χ2n) is 5.46. The number of rotatable bonds is 5. The van der Waals surface area contributed by atoms with Crippen LogP contribution >= 0.6 is 0 Å². The van der Waals surface area contributed by atoms with Crippen LogP contribution < -0.4 is 5.32 Å². The van der Waals surface area contributed by atoms with Gasteiger partial charge in [-0.15, -0.1) is 0 Å². The first-order valence-corrected chi connectivity index (χ1v) is 8.61. The fourth-order valence-electron chi connectivity index (χ4n) is 2.77. The summed E-state index contributed by atoms with van der Waals surface area (Å²) < 4.78 is 28.3. The van der Waals surface area contributed by atoms with Gasteiger partial charge in [0.05, 0.1) is 6.20 Å². The molecule has 1 aliphatic rings. The Morgan fingerprint density at radius 1 is 1.55 bits per heavy atom. The Bertz CT molecular complexity index is 540. The summed E-state index contributed by atoms with van der Waals surface area (Å²) in [5, 5.41) is 7.35. The molecular formula is C13H24N4O2S. The van der Waals surface area contributed by atoms with E-state index >= 15 is 0 Å². The van der Waals surface area contributed by atoms with Crippen molar-refractivity contribution in [3.8, 4) is 0 Å². The Kier molecular flexibility index (Phi) is 4.82. The van der Waals surface area contributed by atoms with Crippen molar-refractivity contribution < 1.29 is 8.42 Å². The molecule has 1 fully saturated rings. The fourth-order valence-corrected chi connectivity index (χ4v) is 4.29. The number of nitrogens with one attached hydrogen (secondary N) is 1. The van der Waals surface area contributed by atoms with Crippen molar-refractivity contribution in [3.05, 3.63) is 12.4 Å². The lowest BCUT2D eigenvalue weighted by Crippen LogP contribution is -2.46. The first kappa shape index (κ1) is 15.5. The molecule has 0 aliphatic carbocycles. The van der Waals surface area contributed by atoms with E-state index in [1.165, 1.54) is 10.9 Å². The van der Waals surface area contributed by atoms with Gasteiger partial charge >= 0.3 is 0 Å². The second-order valence-corrected chi connectivity index (χ2v) is 7.40. The Morgan fingerprint density at radius 2 is 2.30 bits per heavy atom.